The van der Waals surface area contributed by atoms with Crippen molar-refractivity contribution in [2.24, 2.45) is 0 Å². The predicted molar refractivity (Wildman–Crippen MR) is 124 cm³/mol. The number of nitrogens with zero attached hydrogens (tertiary/aromatic N) is 2. The Morgan fingerprint density at radius 3 is 2.50 bits per heavy atom. The Morgan fingerprint density at radius 2 is 1.78 bits per heavy atom. The van der Waals surface area contributed by atoms with E-state index in [0.717, 1.165) is 48.2 Å². The van der Waals surface area contributed by atoms with Gasteiger partial charge in [0.2, 0.25) is 0 Å². The Morgan fingerprint density at radius 1 is 1.03 bits per heavy atom. The molecule has 1 aliphatic carbocycles. The molecule has 0 radical (unpaired) electrons. The van der Waals surface area contributed by atoms with Crippen LogP contribution in [-0.2, 0) is 13.0 Å². The molecule has 0 aromatic heterocycles. The maximum atomic E-state index is 14.2. The molecule has 0 bridgehead atoms. The molecule has 1 aliphatic rings. The molecule has 0 spiro atoms. The highest BCUT2D eigenvalue weighted by Crippen LogP contribution is 2.36. The fourth-order valence-electron chi connectivity index (χ4n) is 4.25. The first-order valence-electron chi connectivity index (χ1n) is 10.8. The van der Waals surface area contributed by atoms with Gasteiger partial charge in [-0.2, -0.15) is 0 Å². The molecule has 1 N–H and O–H groups in total. The van der Waals surface area contributed by atoms with Crippen molar-refractivity contribution in [3.8, 4) is 0 Å². The molecule has 32 heavy (non-hydrogen) atoms. The summed E-state index contributed by atoms with van der Waals surface area (Å²) in [7, 11) is 3.95. The number of hydrogen-bond acceptors (Lipinski definition) is 2. The van der Waals surface area contributed by atoms with E-state index in [1.807, 2.05) is 55.4 Å². The van der Waals surface area contributed by atoms with Crippen molar-refractivity contribution in [2.75, 3.05) is 24.3 Å². The van der Waals surface area contributed by atoms with Gasteiger partial charge in [-0.1, -0.05) is 36.4 Å². The summed E-state index contributed by atoms with van der Waals surface area (Å²) >= 11 is 0. The fourth-order valence-corrected chi connectivity index (χ4v) is 4.25. The fraction of sp³-hybridized carbons (Fsp3) is 0.269. The Balaban J connectivity index is 1.65. The molecular formula is C26H27F2N3O. The number of fused-ring (bicyclic) bond motifs is 1. The van der Waals surface area contributed by atoms with E-state index in [0.29, 0.717) is 6.54 Å². The Labute approximate surface area is 187 Å². The zero-order valence-corrected chi connectivity index (χ0v) is 18.3. The highest BCUT2D eigenvalue weighted by atomic mass is 19.1. The Bertz CT molecular complexity index is 1100. The van der Waals surface area contributed by atoms with E-state index < -0.39 is 17.7 Å². The van der Waals surface area contributed by atoms with E-state index in [4.69, 9.17) is 0 Å². The summed E-state index contributed by atoms with van der Waals surface area (Å²) in [5.41, 5.74) is 4.37. The smallest absolute Gasteiger partial charge is 0.322 e. The first-order chi connectivity index (χ1) is 15.4. The van der Waals surface area contributed by atoms with Crippen molar-refractivity contribution >= 4 is 17.4 Å². The largest absolute Gasteiger partial charge is 0.378 e. The van der Waals surface area contributed by atoms with Crippen LogP contribution < -0.4 is 10.2 Å². The van der Waals surface area contributed by atoms with Gasteiger partial charge in [0.1, 0.15) is 11.6 Å². The molecular weight excluding hydrogens is 408 g/mol. The second kappa shape index (κ2) is 9.39. The number of benzene rings is 3. The molecule has 4 nitrogen and oxygen atoms in total. The van der Waals surface area contributed by atoms with Crippen molar-refractivity contribution in [1.29, 1.82) is 0 Å². The molecule has 166 valence electrons. The average Bonchev–Trinajstić information content (AvgIpc) is 2.79. The number of nitrogens with one attached hydrogen (secondary N) is 1. The molecule has 4 rings (SSSR count). The minimum absolute atomic E-state index is 0.0338. The second-order valence-electron chi connectivity index (χ2n) is 8.35. The molecule has 0 aliphatic heterocycles. The summed E-state index contributed by atoms with van der Waals surface area (Å²) in [6.45, 7) is 0.376. The van der Waals surface area contributed by atoms with Crippen LogP contribution in [0.2, 0.25) is 0 Å². The molecule has 0 saturated heterocycles. The number of rotatable bonds is 5. The lowest BCUT2D eigenvalue weighted by atomic mass is 9.86. The first kappa shape index (κ1) is 21.8. The van der Waals surface area contributed by atoms with Gasteiger partial charge in [-0.3, -0.25) is 0 Å². The zero-order valence-electron chi connectivity index (χ0n) is 18.3. The monoisotopic (exact) mass is 435 g/mol. The maximum absolute atomic E-state index is 14.2. The molecule has 0 heterocycles. The van der Waals surface area contributed by atoms with Gasteiger partial charge in [-0.05, 0) is 60.2 Å². The highest BCUT2D eigenvalue weighted by Gasteiger charge is 2.30. The zero-order chi connectivity index (χ0) is 22.7. The number of urea groups is 1. The van der Waals surface area contributed by atoms with Crippen LogP contribution in [0.3, 0.4) is 0 Å². The molecule has 0 fully saturated rings. The summed E-state index contributed by atoms with van der Waals surface area (Å²) in [5.74, 6) is -1.47. The average molecular weight is 436 g/mol. The van der Waals surface area contributed by atoms with Gasteiger partial charge in [0, 0.05) is 32.4 Å². The SMILES string of the molecule is CN(C)c1ccc(CN(C(=O)Nc2ccc(F)cc2F)C2CCCc3ccccc32)cc1. The van der Waals surface area contributed by atoms with Crippen LogP contribution in [-0.4, -0.2) is 25.0 Å². The van der Waals surface area contributed by atoms with Crippen molar-refractivity contribution in [1.82, 2.24) is 4.90 Å². The van der Waals surface area contributed by atoms with E-state index in [1.165, 1.54) is 11.6 Å². The lowest BCUT2D eigenvalue weighted by Crippen LogP contribution is -2.39. The van der Waals surface area contributed by atoms with Crippen LogP contribution >= 0.6 is 0 Å². The van der Waals surface area contributed by atoms with E-state index in [9.17, 15) is 13.6 Å². The maximum Gasteiger partial charge on any atom is 0.322 e. The number of carbonyl (C=O) groups excluding carboxylic acids is 1. The van der Waals surface area contributed by atoms with Gasteiger partial charge in [0.05, 0.1) is 11.7 Å². The van der Waals surface area contributed by atoms with E-state index >= 15 is 0 Å². The van der Waals surface area contributed by atoms with Gasteiger partial charge < -0.3 is 15.1 Å². The number of hydrogen-bond donors (Lipinski definition) is 1. The minimum atomic E-state index is -0.794. The lowest BCUT2D eigenvalue weighted by Gasteiger charge is -2.36. The van der Waals surface area contributed by atoms with E-state index in [1.54, 1.807) is 4.90 Å². The molecule has 3 aromatic rings. The van der Waals surface area contributed by atoms with Crippen molar-refractivity contribution < 1.29 is 13.6 Å². The summed E-state index contributed by atoms with van der Waals surface area (Å²) < 4.78 is 27.5. The van der Waals surface area contributed by atoms with Crippen LogP contribution in [0.15, 0.2) is 66.7 Å². The van der Waals surface area contributed by atoms with Crippen molar-refractivity contribution in [3.05, 3.63) is 95.1 Å². The standard InChI is InChI=1S/C26H27F2N3O/c1-30(2)21-13-10-18(11-14-21)17-31(25-9-5-7-19-6-3-4-8-22(19)25)26(32)29-24-15-12-20(27)16-23(24)28/h3-4,6,8,10-16,25H,5,7,9,17H2,1-2H3,(H,29,32). The Kier molecular flexibility index (Phi) is 6.40. The van der Waals surface area contributed by atoms with Gasteiger partial charge >= 0.3 is 6.03 Å². The summed E-state index contributed by atoms with van der Waals surface area (Å²) in [5, 5.41) is 2.65. The number of carbonyl (C=O) groups is 1. The third-order valence-electron chi connectivity index (χ3n) is 5.95. The summed E-state index contributed by atoms with van der Waals surface area (Å²) in [6, 6.07) is 18.8. The lowest BCUT2D eigenvalue weighted by molar-refractivity contribution is 0.175. The molecule has 1 unspecified atom stereocenters. The number of aryl methyl sites for hydroxylation is 1. The molecule has 6 heteroatoms. The van der Waals surface area contributed by atoms with Crippen LogP contribution in [0.4, 0.5) is 25.0 Å². The van der Waals surface area contributed by atoms with Crippen LogP contribution in [0, 0.1) is 11.6 Å². The minimum Gasteiger partial charge on any atom is -0.378 e. The highest BCUT2D eigenvalue weighted by molar-refractivity contribution is 5.89. The quantitative estimate of drug-likeness (QED) is 0.522. The summed E-state index contributed by atoms with van der Waals surface area (Å²) in [6.07, 6.45) is 2.77. The molecule has 2 amide bonds. The number of amides is 2. The van der Waals surface area contributed by atoms with Crippen LogP contribution in [0.5, 0.6) is 0 Å². The third-order valence-corrected chi connectivity index (χ3v) is 5.95. The van der Waals surface area contributed by atoms with E-state index in [2.05, 4.69) is 17.4 Å². The Hall–Kier alpha value is -3.41. The van der Waals surface area contributed by atoms with Crippen molar-refractivity contribution in [3.63, 3.8) is 0 Å². The predicted octanol–water partition coefficient (Wildman–Crippen LogP) is 6.14. The second-order valence-corrected chi connectivity index (χ2v) is 8.35. The van der Waals surface area contributed by atoms with Gasteiger partial charge in [0.25, 0.3) is 0 Å². The molecule has 3 aromatic carbocycles. The van der Waals surface area contributed by atoms with Gasteiger partial charge in [0.15, 0.2) is 0 Å². The third kappa shape index (κ3) is 4.74. The summed E-state index contributed by atoms with van der Waals surface area (Å²) in [4.78, 5) is 17.2. The van der Waals surface area contributed by atoms with Gasteiger partial charge in [-0.25, -0.2) is 13.6 Å². The normalized spacial score (nSPS) is 15.1. The van der Waals surface area contributed by atoms with Gasteiger partial charge in [-0.15, -0.1) is 0 Å². The van der Waals surface area contributed by atoms with Crippen LogP contribution in [0.1, 0.15) is 35.6 Å². The van der Waals surface area contributed by atoms with E-state index in [-0.39, 0.29) is 11.7 Å². The number of anilines is 2. The molecule has 1 atom stereocenters. The van der Waals surface area contributed by atoms with Crippen LogP contribution in [0.25, 0.3) is 0 Å². The topological polar surface area (TPSA) is 35.6 Å². The van der Waals surface area contributed by atoms with Crippen molar-refractivity contribution in [2.45, 2.75) is 31.8 Å². The first-order valence-corrected chi connectivity index (χ1v) is 10.8. The molecule has 0 saturated carbocycles. The number of halogens is 2.